The second kappa shape index (κ2) is 9.79. The van der Waals surface area contributed by atoms with Gasteiger partial charge in [-0.3, -0.25) is 0 Å². The van der Waals surface area contributed by atoms with Crippen molar-refractivity contribution in [2.75, 3.05) is 13.1 Å². The fourth-order valence-electron chi connectivity index (χ4n) is 3.63. The number of aromatic nitrogens is 2. The molecule has 1 saturated heterocycles. The Morgan fingerprint density at radius 3 is 2.58 bits per heavy atom. The van der Waals surface area contributed by atoms with Crippen LogP contribution in [-0.4, -0.2) is 33.7 Å². The summed E-state index contributed by atoms with van der Waals surface area (Å²) in [4.78, 5) is 11.6. The van der Waals surface area contributed by atoms with Crippen molar-refractivity contribution in [2.24, 2.45) is 4.99 Å². The second-order valence-electron chi connectivity index (χ2n) is 8.04. The van der Waals surface area contributed by atoms with E-state index in [0.29, 0.717) is 5.19 Å². The van der Waals surface area contributed by atoms with E-state index in [2.05, 4.69) is 34.2 Å². The van der Waals surface area contributed by atoms with E-state index in [9.17, 15) is 0 Å². The lowest BCUT2D eigenvalue weighted by molar-refractivity contribution is 0.351. The molecule has 2 aromatic carbocycles. The predicted molar refractivity (Wildman–Crippen MR) is 128 cm³/mol. The molecule has 0 aliphatic carbocycles. The van der Waals surface area contributed by atoms with E-state index in [1.165, 1.54) is 30.8 Å². The summed E-state index contributed by atoms with van der Waals surface area (Å²) in [6, 6.07) is 11.9. The SMILES string of the molecule is Cc1cc(Oc2nc(C(C)c3ccc(Cl)cc3)ns2)c(C)cc1/N=C\N1CCCCC1. The van der Waals surface area contributed by atoms with E-state index in [-0.39, 0.29) is 5.92 Å². The van der Waals surface area contributed by atoms with E-state index in [4.69, 9.17) is 21.3 Å². The fourth-order valence-corrected chi connectivity index (χ4v) is 4.39. The van der Waals surface area contributed by atoms with E-state index >= 15 is 0 Å². The third-order valence-corrected chi connectivity index (χ3v) is 6.48. The number of hydrogen-bond acceptors (Lipinski definition) is 5. The lowest BCUT2D eigenvalue weighted by Crippen LogP contribution is -2.28. The van der Waals surface area contributed by atoms with E-state index in [1.54, 1.807) is 0 Å². The quantitative estimate of drug-likeness (QED) is 0.300. The van der Waals surface area contributed by atoms with Crippen LogP contribution in [0.2, 0.25) is 5.02 Å². The molecule has 1 unspecified atom stereocenters. The summed E-state index contributed by atoms with van der Waals surface area (Å²) in [7, 11) is 0. The van der Waals surface area contributed by atoms with Crippen LogP contribution in [-0.2, 0) is 0 Å². The number of likely N-dealkylation sites (tertiary alicyclic amines) is 1. The topological polar surface area (TPSA) is 50.6 Å². The number of nitrogens with zero attached hydrogens (tertiary/aromatic N) is 4. The smallest absolute Gasteiger partial charge is 0.298 e. The Labute approximate surface area is 192 Å². The highest BCUT2D eigenvalue weighted by atomic mass is 35.5. The maximum atomic E-state index is 6.09. The molecule has 4 rings (SSSR count). The molecule has 0 spiro atoms. The Kier molecular flexibility index (Phi) is 6.88. The number of aryl methyl sites for hydroxylation is 2. The van der Waals surface area contributed by atoms with Crippen molar-refractivity contribution in [3.05, 3.63) is 63.9 Å². The Morgan fingerprint density at radius 1 is 1.10 bits per heavy atom. The van der Waals surface area contributed by atoms with Gasteiger partial charge in [-0.15, -0.1) is 0 Å². The van der Waals surface area contributed by atoms with E-state index in [0.717, 1.165) is 52.1 Å². The van der Waals surface area contributed by atoms with Gasteiger partial charge in [-0.05, 0) is 74.1 Å². The number of rotatable bonds is 6. The van der Waals surface area contributed by atoms with Gasteiger partial charge in [0.05, 0.1) is 12.0 Å². The predicted octanol–water partition coefficient (Wildman–Crippen LogP) is 6.90. The van der Waals surface area contributed by atoms with Crippen LogP contribution >= 0.6 is 23.1 Å². The summed E-state index contributed by atoms with van der Waals surface area (Å²) in [5, 5.41) is 1.27. The van der Waals surface area contributed by atoms with E-state index < -0.39 is 0 Å². The molecule has 0 N–H and O–H groups in total. The zero-order valence-corrected chi connectivity index (χ0v) is 19.7. The van der Waals surface area contributed by atoms with Crippen LogP contribution in [0.3, 0.4) is 0 Å². The van der Waals surface area contributed by atoms with Gasteiger partial charge in [0, 0.05) is 35.6 Å². The van der Waals surface area contributed by atoms with Crippen LogP contribution in [0.4, 0.5) is 5.69 Å². The zero-order valence-electron chi connectivity index (χ0n) is 18.1. The summed E-state index contributed by atoms with van der Waals surface area (Å²) in [5.74, 6) is 1.61. The number of piperidine rings is 1. The summed E-state index contributed by atoms with van der Waals surface area (Å²) < 4.78 is 10.6. The highest BCUT2D eigenvalue weighted by molar-refractivity contribution is 7.07. The summed E-state index contributed by atoms with van der Waals surface area (Å²) in [6.07, 6.45) is 5.80. The molecule has 7 heteroatoms. The Balaban J connectivity index is 1.46. The number of halogens is 1. The van der Waals surface area contributed by atoms with Crippen molar-refractivity contribution in [3.63, 3.8) is 0 Å². The van der Waals surface area contributed by atoms with Crippen molar-refractivity contribution in [1.29, 1.82) is 0 Å². The number of ether oxygens (including phenoxy) is 1. The molecule has 2 heterocycles. The lowest BCUT2D eigenvalue weighted by Gasteiger charge is -2.23. The number of hydrogen-bond donors (Lipinski definition) is 0. The molecule has 0 bridgehead atoms. The highest BCUT2D eigenvalue weighted by Gasteiger charge is 2.16. The van der Waals surface area contributed by atoms with Crippen molar-refractivity contribution in [2.45, 2.75) is 46.0 Å². The summed E-state index contributed by atoms with van der Waals surface area (Å²) in [5.41, 5.74) is 4.20. The maximum absolute atomic E-state index is 6.09. The minimum Gasteiger partial charge on any atom is -0.430 e. The monoisotopic (exact) mass is 454 g/mol. The van der Waals surface area contributed by atoms with Gasteiger partial charge in [-0.2, -0.15) is 9.36 Å². The fraction of sp³-hybridized carbons (Fsp3) is 0.375. The van der Waals surface area contributed by atoms with Crippen molar-refractivity contribution >= 4 is 35.2 Å². The molecular formula is C24H27ClN4OS. The molecule has 0 amide bonds. The van der Waals surface area contributed by atoms with Crippen LogP contribution in [0.25, 0.3) is 0 Å². The molecule has 31 heavy (non-hydrogen) atoms. The minimum absolute atomic E-state index is 0.0696. The van der Waals surface area contributed by atoms with Crippen LogP contribution in [0, 0.1) is 13.8 Å². The maximum Gasteiger partial charge on any atom is 0.298 e. The van der Waals surface area contributed by atoms with E-state index in [1.807, 2.05) is 43.6 Å². The Morgan fingerprint density at radius 2 is 1.84 bits per heavy atom. The molecule has 0 radical (unpaired) electrons. The van der Waals surface area contributed by atoms with Crippen molar-refractivity contribution in [1.82, 2.24) is 14.3 Å². The second-order valence-corrected chi connectivity index (χ2v) is 9.19. The van der Waals surface area contributed by atoms with Gasteiger partial charge in [-0.1, -0.05) is 30.7 Å². The Bertz CT molecular complexity index is 1060. The third kappa shape index (κ3) is 5.43. The van der Waals surface area contributed by atoms with Gasteiger partial charge in [0.2, 0.25) is 0 Å². The number of aliphatic imine (C=N–C) groups is 1. The highest BCUT2D eigenvalue weighted by Crippen LogP contribution is 2.33. The summed E-state index contributed by atoms with van der Waals surface area (Å²) >= 11 is 7.27. The standard InChI is InChI=1S/C24H27ClN4OS/c1-16-14-22(17(2)13-21(16)26-15-29-11-5-4-6-12-29)30-24-27-23(28-31-24)18(3)19-7-9-20(25)10-8-19/h7-10,13-15,18H,4-6,11-12H2,1-3H3/b26-15-. The molecule has 1 fully saturated rings. The molecule has 1 aliphatic rings. The number of benzene rings is 2. The largest absolute Gasteiger partial charge is 0.430 e. The normalized spacial score (nSPS) is 15.4. The minimum atomic E-state index is 0.0696. The van der Waals surface area contributed by atoms with Gasteiger partial charge in [0.1, 0.15) is 5.75 Å². The average molecular weight is 455 g/mol. The van der Waals surface area contributed by atoms with Crippen molar-refractivity contribution in [3.8, 4) is 10.9 Å². The Hall–Kier alpha value is -2.44. The van der Waals surface area contributed by atoms with Gasteiger partial charge in [0.25, 0.3) is 5.19 Å². The van der Waals surface area contributed by atoms with Gasteiger partial charge >= 0.3 is 0 Å². The van der Waals surface area contributed by atoms with Gasteiger partial charge < -0.3 is 9.64 Å². The molecule has 3 aromatic rings. The molecule has 0 saturated carbocycles. The first kappa shape index (κ1) is 21.8. The molecule has 162 valence electrons. The molecule has 1 aliphatic heterocycles. The molecule has 1 atom stereocenters. The first-order valence-corrected chi connectivity index (χ1v) is 11.8. The summed E-state index contributed by atoms with van der Waals surface area (Å²) in [6.45, 7) is 8.36. The van der Waals surface area contributed by atoms with Crippen molar-refractivity contribution < 1.29 is 4.74 Å². The first-order valence-electron chi connectivity index (χ1n) is 10.7. The zero-order chi connectivity index (χ0) is 21.8. The van der Waals surface area contributed by atoms with Crippen LogP contribution in [0.1, 0.15) is 54.6 Å². The first-order chi connectivity index (χ1) is 15.0. The van der Waals surface area contributed by atoms with Gasteiger partial charge in [0.15, 0.2) is 5.82 Å². The lowest BCUT2D eigenvalue weighted by atomic mass is 10.0. The van der Waals surface area contributed by atoms with Gasteiger partial charge in [-0.25, -0.2) is 4.99 Å². The third-order valence-electron chi connectivity index (χ3n) is 5.62. The van der Waals surface area contributed by atoms with Crippen LogP contribution < -0.4 is 4.74 Å². The van der Waals surface area contributed by atoms with Crippen LogP contribution in [0.5, 0.6) is 10.9 Å². The molecule has 1 aromatic heterocycles. The average Bonchev–Trinajstić information content (AvgIpc) is 3.24. The van der Waals surface area contributed by atoms with Crippen LogP contribution in [0.15, 0.2) is 41.4 Å². The molecule has 5 nitrogen and oxygen atoms in total. The molecular weight excluding hydrogens is 428 g/mol.